The average molecular weight is 133 g/mol. The highest BCUT2D eigenvalue weighted by atomic mass is 15.4. The van der Waals surface area contributed by atoms with E-state index in [-0.39, 0.29) is 0 Å². The van der Waals surface area contributed by atoms with Crippen LogP contribution in [-0.2, 0) is 0 Å². The lowest BCUT2D eigenvalue weighted by atomic mass is 10.5. The van der Waals surface area contributed by atoms with Crippen LogP contribution in [0.5, 0.6) is 0 Å². The van der Waals surface area contributed by atoms with Crippen LogP contribution in [0, 0.1) is 0 Å². The van der Waals surface area contributed by atoms with Crippen LogP contribution >= 0.6 is 0 Å². The quantitative estimate of drug-likeness (QED) is 0.560. The van der Waals surface area contributed by atoms with Gasteiger partial charge < -0.3 is 5.43 Å². The van der Waals surface area contributed by atoms with E-state index in [2.05, 4.69) is 10.4 Å². The van der Waals surface area contributed by atoms with Gasteiger partial charge in [-0.25, -0.2) is 0 Å². The molecule has 0 aliphatic carbocycles. The molecule has 0 amide bonds. The van der Waals surface area contributed by atoms with Crippen LogP contribution < -0.4 is 5.43 Å². The highest BCUT2D eigenvalue weighted by Crippen LogP contribution is 1.98. The Labute approximate surface area is 58.7 Å². The Bertz CT molecular complexity index is 283. The van der Waals surface area contributed by atoms with Gasteiger partial charge in [0.2, 0.25) is 0 Å². The van der Waals surface area contributed by atoms with Crippen LogP contribution in [0.2, 0.25) is 0 Å². The lowest BCUT2D eigenvalue weighted by Crippen LogP contribution is -2.07. The van der Waals surface area contributed by atoms with Crippen molar-refractivity contribution < 1.29 is 0 Å². The summed E-state index contributed by atoms with van der Waals surface area (Å²) < 4.78 is 1.90. The first-order valence-corrected chi connectivity index (χ1v) is 3.09. The summed E-state index contributed by atoms with van der Waals surface area (Å²) >= 11 is 0. The molecule has 3 nitrogen and oxygen atoms in total. The van der Waals surface area contributed by atoms with Crippen LogP contribution in [0.4, 0.5) is 0 Å². The lowest BCUT2D eigenvalue weighted by molar-refractivity contribution is 0.960. The second-order valence-electron chi connectivity index (χ2n) is 2.03. The predicted molar refractivity (Wildman–Crippen MR) is 40.5 cm³/mol. The van der Waals surface area contributed by atoms with Crippen LogP contribution in [0.3, 0.4) is 0 Å². The molecule has 1 aromatic heterocycles. The molecule has 1 N–H and O–H groups in total. The number of nitrogens with one attached hydrogen (secondary N) is 1. The van der Waals surface area contributed by atoms with E-state index in [9.17, 15) is 0 Å². The van der Waals surface area contributed by atoms with Gasteiger partial charge in [0.1, 0.15) is 0 Å². The topological polar surface area (TPSA) is 29.3 Å². The van der Waals surface area contributed by atoms with Gasteiger partial charge in [0.25, 0.3) is 0 Å². The molecule has 0 aromatic carbocycles. The molecule has 2 heterocycles. The maximum Gasteiger partial charge on any atom is 0.0806 e. The molecule has 10 heavy (non-hydrogen) atoms. The molecule has 0 saturated carbocycles. The van der Waals surface area contributed by atoms with Crippen molar-refractivity contribution in [1.29, 1.82) is 0 Å². The van der Waals surface area contributed by atoms with Crippen molar-refractivity contribution in [1.82, 2.24) is 4.68 Å². The molecule has 1 aliphatic rings. The second-order valence-corrected chi connectivity index (χ2v) is 2.03. The first kappa shape index (κ1) is 5.29. The number of hydrogen-bond acceptors (Lipinski definition) is 2. The van der Waals surface area contributed by atoms with Crippen molar-refractivity contribution in [2.45, 2.75) is 0 Å². The predicted octanol–water partition coefficient (Wildman–Crippen LogP) is 0.935. The SMILES string of the molecule is C1=CNn2cccc2C=N1. The summed E-state index contributed by atoms with van der Waals surface area (Å²) in [4.78, 5) is 4.00. The van der Waals surface area contributed by atoms with Gasteiger partial charge in [-0.3, -0.25) is 9.67 Å². The van der Waals surface area contributed by atoms with Crippen LogP contribution in [0.1, 0.15) is 5.69 Å². The summed E-state index contributed by atoms with van der Waals surface area (Å²) in [5, 5.41) is 0. The highest BCUT2D eigenvalue weighted by molar-refractivity contribution is 5.78. The second kappa shape index (κ2) is 2.02. The van der Waals surface area contributed by atoms with Crippen molar-refractivity contribution in [3.8, 4) is 0 Å². The highest BCUT2D eigenvalue weighted by Gasteiger charge is 1.95. The molecule has 0 atom stereocenters. The van der Waals surface area contributed by atoms with E-state index in [0.717, 1.165) is 5.69 Å². The Morgan fingerprint density at radius 2 is 2.50 bits per heavy atom. The van der Waals surface area contributed by atoms with E-state index in [1.54, 1.807) is 18.6 Å². The summed E-state index contributed by atoms with van der Waals surface area (Å²) in [5.74, 6) is 0. The Hall–Kier alpha value is -1.51. The molecule has 0 spiro atoms. The first-order valence-electron chi connectivity index (χ1n) is 3.09. The van der Waals surface area contributed by atoms with E-state index >= 15 is 0 Å². The molecule has 1 aliphatic heterocycles. The Balaban J connectivity index is 2.50. The standard InChI is InChI=1S/C7H7N3/c1-2-7-6-8-3-4-9-10(7)5-1/h1-6,9H. The minimum atomic E-state index is 1.06. The minimum absolute atomic E-state index is 1.06. The minimum Gasteiger partial charge on any atom is -0.300 e. The maximum atomic E-state index is 4.00. The van der Waals surface area contributed by atoms with Crippen LogP contribution in [0.15, 0.2) is 35.7 Å². The van der Waals surface area contributed by atoms with Crippen LogP contribution in [0.25, 0.3) is 0 Å². The van der Waals surface area contributed by atoms with Gasteiger partial charge in [-0.2, -0.15) is 0 Å². The Morgan fingerprint density at radius 1 is 1.50 bits per heavy atom. The molecule has 0 bridgehead atoms. The van der Waals surface area contributed by atoms with Gasteiger partial charge in [-0.1, -0.05) is 0 Å². The summed E-state index contributed by atoms with van der Waals surface area (Å²) in [7, 11) is 0. The number of aromatic nitrogens is 1. The third kappa shape index (κ3) is 0.719. The molecule has 0 unspecified atom stereocenters. The van der Waals surface area contributed by atoms with Crippen molar-refractivity contribution in [3.63, 3.8) is 0 Å². The molecule has 3 heteroatoms. The summed E-state index contributed by atoms with van der Waals surface area (Å²) in [6, 6.07) is 3.96. The molecular weight excluding hydrogens is 126 g/mol. The summed E-state index contributed by atoms with van der Waals surface area (Å²) in [6.45, 7) is 0. The van der Waals surface area contributed by atoms with E-state index in [0.29, 0.717) is 0 Å². The number of nitrogens with zero attached hydrogens (tertiary/aromatic N) is 2. The molecule has 50 valence electrons. The average Bonchev–Trinajstić information content (AvgIpc) is 2.28. The lowest BCUT2D eigenvalue weighted by Gasteiger charge is -2.00. The smallest absolute Gasteiger partial charge is 0.0806 e. The molecule has 2 rings (SSSR count). The number of rotatable bonds is 0. The van der Waals surface area contributed by atoms with Gasteiger partial charge in [-0.05, 0) is 12.1 Å². The van der Waals surface area contributed by atoms with Gasteiger partial charge >= 0.3 is 0 Å². The molecule has 0 saturated heterocycles. The zero-order valence-electron chi connectivity index (χ0n) is 5.36. The third-order valence-corrected chi connectivity index (χ3v) is 1.36. The first-order chi connectivity index (χ1) is 4.97. The van der Waals surface area contributed by atoms with E-state index in [1.165, 1.54) is 0 Å². The number of hydrogen-bond donors (Lipinski definition) is 1. The van der Waals surface area contributed by atoms with Gasteiger partial charge in [0.05, 0.1) is 11.9 Å². The normalized spacial score (nSPS) is 14.0. The molecule has 0 fully saturated rings. The Kier molecular flexibility index (Phi) is 1.07. The largest absolute Gasteiger partial charge is 0.300 e. The molecular formula is C7H7N3. The van der Waals surface area contributed by atoms with Crippen molar-refractivity contribution in [3.05, 3.63) is 36.4 Å². The van der Waals surface area contributed by atoms with E-state index in [4.69, 9.17) is 0 Å². The monoisotopic (exact) mass is 133 g/mol. The molecule has 1 aromatic rings. The van der Waals surface area contributed by atoms with Crippen molar-refractivity contribution >= 4 is 6.21 Å². The zero-order valence-corrected chi connectivity index (χ0v) is 5.36. The van der Waals surface area contributed by atoms with E-state index < -0.39 is 0 Å². The third-order valence-electron chi connectivity index (χ3n) is 1.36. The van der Waals surface area contributed by atoms with Gasteiger partial charge in [0, 0.05) is 18.6 Å². The number of fused-ring (bicyclic) bond motifs is 1. The number of aliphatic imine (C=N–C) groups is 1. The fourth-order valence-corrected chi connectivity index (χ4v) is 0.893. The summed E-state index contributed by atoms with van der Waals surface area (Å²) in [6.07, 6.45) is 7.24. The fourth-order valence-electron chi connectivity index (χ4n) is 0.893. The van der Waals surface area contributed by atoms with E-state index in [1.807, 2.05) is 23.0 Å². The Morgan fingerprint density at radius 3 is 3.50 bits per heavy atom. The maximum absolute atomic E-state index is 4.00. The van der Waals surface area contributed by atoms with Gasteiger partial charge in [-0.15, -0.1) is 0 Å². The van der Waals surface area contributed by atoms with Crippen molar-refractivity contribution in [2.24, 2.45) is 4.99 Å². The molecule has 0 radical (unpaired) electrons. The van der Waals surface area contributed by atoms with Crippen LogP contribution in [-0.4, -0.2) is 10.9 Å². The van der Waals surface area contributed by atoms with Gasteiger partial charge in [0.15, 0.2) is 0 Å². The summed E-state index contributed by atoms with van der Waals surface area (Å²) in [5.41, 5.74) is 4.08. The van der Waals surface area contributed by atoms with Crippen molar-refractivity contribution in [2.75, 3.05) is 5.43 Å². The zero-order chi connectivity index (χ0) is 6.81. The fraction of sp³-hybridized carbons (Fsp3) is 0.